The molecule has 0 saturated heterocycles. The van der Waals surface area contributed by atoms with Crippen molar-refractivity contribution in [1.82, 2.24) is 9.55 Å². The molecule has 0 aliphatic heterocycles. The van der Waals surface area contributed by atoms with Crippen LogP contribution in [0.1, 0.15) is 33.7 Å². The number of nitrogens with zero attached hydrogens (tertiary/aromatic N) is 1. The number of aromatic amines is 1. The first-order valence-electron chi connectivity index (χ1n) is 5.71. The highest BCUT2D eigenvalue weighted by Crippen LogP contribution is 2.33. The van der Waals surface area contributed by atoms with Gasteiger partial charge < -0.3 is 9.55 Å². The Morgan fingerprint density at radius 2 is 2.00 bits per heavy atom. The molecule has 0 aliphatic carbocycles. The summed E-state index contributed by atoms with van der Waals surface area (Å²) in [5, 5.41) is 0. The second-order valence-electron chi connectivity index (χ2n) is 5.48. The molecule has 1 heterocycles. The van der Waals surface area contributed by atoms with Crippen LogP contribution in [0.15, 0.2) is 18.2 Å². The number of imidazole rings is 1. The summed E-state index contributed by atoms with van der Waals surface area (Å²) in [6, 6.07) is 5.13. The molecule has 0 bridgehead atoms. The molecule has 17 heavy (non-hydrogen) atoms. The van der Waals surface area contributed by atoms with Crippen LogP contribution in [0.5, 0.6) is 0 Å². The number of hydrogen-bond donors (Lipinski definition) is 1. The maximum Gasteiger partial charge on any atom is 0.178 e. The standard InChI is InChI=1S/C13H17FN2S/c1-8(13(2,3)4)16-11-9(14)6-5-7-10(11)15-12(16)17/h5-8H,1-4H3,(H,15,17). The van der Waals surface area contributed by atoms with Gasteiger partial charge in [0.2, 0.25) is 0 Å². The lowest BCUT2D eigenvalue weighted by Gasteiger charge is -2.29. The number of aromatic nitrogens is 2. The minimum absolute atomic E-state index is 0.0234. The predicted molar refractivity (Wildman–Crippen MR) is 71.2 cm³/mol. The van der Waals surface area contributed by atoms with Crippen LogP contribution in [0.25, 0.3) is 11.0 Å². The summed E-state index contributed by atoms with van der Waals surface area (Å²) in [4.78, 5) is 3.06. The summed E-state index contributed by atoms with van der Waals surface area (Å²) in [5.41, 5.74) is 1.35. The highest BCUT2D eigenvalue weighted by Gasteiger charge is 2.24. The van der Waals surface area contributed by atoms with Gasteiger partial charge in [0.25, 0.3) is 0 Å². The summed E-state index contributed by atoms with van der Waals surface area (Å²) in [6.45, 7) is 8.44. The van der Waals surface area contributed by atoms with Gasteiger partial charge in [-0.05, 0) is 36.7 Å². The lowest BCUT2D eigenvalue weighted by molar-refractivity contribution is 0.264. The highest BCUT2D eigenvalue weighted by molar-refractivity contribution is 7.71. The van der Waals surface area contributed by atoms with E-state index in [-0.39, 0.29) is 17.3 Å². The van der Waals surface area contributed by atoms with Crippen LogP contribution in [0.3, 0.4) is 0 Å². The molecule has 0 spiro atoms. The fraction of sp³-hybridized carbons (Fsp3) is 0.462. The summed E-state index contributed by atoms with van der Waals surface area (Å²) >= 11 is 5.30. The van der Waals surface area contributed by atoms with Gasteiger partial charge in [-0.25, -0.2) is 4.39 Å². The SMILES string of the molecule is CC(n1c(=S)[nH]c2cccc(F)c21)C(C)(C)C. The third-order valence-corrected chi connectivity index (χ3v) is 3.63. The second kappa shape index (κ2) is 3.95. The normalized spacial score (nSPS) is 14.2. The van der Waals surface area contributed by atoms with Crippen molar-refractivity contribution in [2.75, 3.05) is 0 Å². The average molecular weight is 252 g/mol. The minimum Gasteiger partial charge on any atom is -0.330 e. The van der Waals surface area contributed by atoms with E-state index < -0.39 is 0 Å². The maximum absolute atomic E-state index is 13.9. The van der Waals surface area contributed by atoms with E-state index in [1.54, 1.807) is 6.07 Å². The minimum atomic E-state index is -0.231. The quantitative estimate of drug-likeness (QED) is 0.744. The van der Waals surface area contributed by atoms with Crippen LogP contribution in [-0.2, 0) is 0 Å². The lowest BCUT2D eigenvalue weighted by Crippen LogP contribution is -2.21. The Morgan fingerprint density at radius 1 is 1.35 bits per heavy atom. The van der Waals surface area contributed by atoms with E-state index in [1.165, 1.54) is 6.07 Å². The second-order valence-corrected chi connectivity index (χ2v) is 5.86. The molecule has 1 atom stereocenters. The Labute approximate surface area is 105 Å². The largest absolute Gasteiger partial charge is 0.330 e. The summed E-state index contributed by atoms with van der Waals surface area (Å²) in [5.74, 6) is -0.231. The monoisotopic (exact) mass is 252 g/mol. The molecule has 92 valence electrons. The smallest absolute Gasteiger partial charge is 0.178 e. The van der Waals surface area contributed by atoms with Crippen molar-refractivity contribution < 1.29 is 4.39 Å². The molecule has 1 unspecified atom stereocenters. The van der Waals surface area contributed by atoms with E-state index in [0.29, 0.717) is 10.3 Å². The maximum atomic E-state index is 13.9. The zero-order valence-corrected chi connectivity index (χ0v) is 11.4. The van der Waals surface area contributed by atoms with E-state index in [1.807, 2.05) is 10.6 Å². The molecule has 0 aliphatic rings. The van der Waals surface area contributed by atoms with Gasteiger partial charge in [0.15, 0.2) is 4.77 Å². The van der Waals surface area contributed by atoms with Crippen molar-refractivity contribution in [3.05, 3.63) is 28.8 Å². The van der Waals surface area contributed by atoms with Crippen LogP contribution in [0, 0.1) is 16.0 Å². The first-order chi connectivity index (χ1) is 7.82. The first-order valence-corrected chi connectivity index (χ1v) is 6.12. The topological polar surface area (TPSA) is 20.7 Å². The number of H-pyrrole nitrogens is 1. The van der Waals surface area contributed by atoms with Crippen molar-refractivity contribution in [2.45, 2.75) is 33.7 Å². The van der Waals surface area contributed by atoms with Gasteiger partial charge in [-0.1, -0.05) is 26.8 Å². The number of benzene rings is 1. The average Bonchev–Trinajstić information content (AvgIpc) is 2.53. The molecular weight excluding hydrogens is 235 g/mol. The zero-order chi connectivity index (χ0) is 12.8. The molecule has 2 rings (SSSR count). The Hall–Kier alpha value is -1.16. The third kappa shape index (κ3) is 2.02. The molecule has 1 aromatic carbocycles. The zero-order valence-electron chi connectivity index (χ0n) is 10.5. The summed E-state index contributed by atoms with van der Waals surface area (Å²) < 4.78 is 16.4. The van der Waals surface area contributed by atoms with Gasteiger partial charge in [0, 0.05) is 6.04 Å². The molecule has 1 N–H and O–H groups in total. The van der Waals surface area contributed by atoms with Gasteiger partial charge in [-0.2, -0.15) is 0 Å². The lowest BCUT2D eigenvalue weighted by atomic mass is 9.88. The van der Waals surface area contributed by atoms with Crippen molar-refractivity contribution in [3.63, 3.8) is 0 Å². The Balaban J connectivity index is 2.77. The predicted octanol–water partition coefficient (Wildman–Crippen LogP) is 4.45. The van der Waals surface area contributed by atoms with E-state index in [0.717, 1.165) is 5.52 Å². The molecule has 2 aromatic rings. The van der Waals surface area contributed by atoms with E-state index in [9.17, 15) is 4.39 Å². The number of halogens is 1. The molecular formula is C13H17FN2S. The Morgan fingerprint density at radius 3 is 2.59 bits per heavy atom. The highest BCUT2D eigenvalue weighted by atomic mass is 32.1. The van der Waals surface area contributed by atoms with Gasteiger partial charge >= 0.3 is 0 Å². The van der Waals surface area contributed by atoms with E-state index >= 15 is 0 Å². The summed E-state index contributed by atoms with van der Waals surface area (Å²) in [7, 11) is 0. The number of fused-ring (bicyclic) bond motifs is 1. The van der Waals surface area contributed by atoms with Crippen molar-refractivity contribution >= 4 is 23.3 Å². The number of para-hydroxylation sites is 1. The van der Waals surface area contributed by atoms with Crippen LogP contribution < -0.4 is 0 Å². The number of nitrogens with one attached hydrogen (secondary N) is 1. The number of rotatable bonds is 1. The molecule has 0 fully saturated rings. The third-order valence-electron chi connectivity index (χ3n) is 3.33. The Kier molecular flexibility index (Phi) is 2.86. The first kappa shape index (κ1) is 12.3. The van der Waals surface area contributed by atoms with Crippen molar-refractivity contribution in [1.29, 1.82) is 0 Å². The molecule has 1 aromatic heterocycles. The fourth-order valence-electron chi connectivity index (χ4n) is 1.89. The molecule has 0 saturated carbocycles. The fourth-order valence-corrected chi connectivity index (χ4v) is 2.25. The van der Waals surface area contributed by atoms with E-state index in [2.05, 4.69) is 32.7 Å². The number of hydrogen-bond acceptors (Lipinski definition) is 1. The Bertz CT molecular complexity index is 604. The van der Waals surface area contributed by atoms with Gasteiger partial charge in [-0.15, -0.1) is 0 Å². The van der Waals surface area contributed by atoms with Crippen LogP contribution >= 0.6 is 12.2 Å². The van der Waals surface area contributed by atoms with Gasteiger partial charge in [0.05, 0.1) is 5.52 Å². The molecule has 0 amide bonds. The summed E-state index contributed by atoms with van der Waals surface area (Å²) in [6.07, 6.45) is 0. The van der Waals surface area contributed by atoms with Crippen LogP contribution in [0.2, 0.25) is 0 Å². The van der Waals surface area contributed by atoms with Gasteiger partial charge in [-0.3, -0.25) is 0 Å². The van der Waals surface area contributed by atoms with Gasteiger partial charge in [0.1, 0.15) is 11.3 Å². The van der Waals surface area contributed by atoms with Crippen molar-refractivity contribution in [2.24, 2.45) is 5.41 Å². The van der Waals surface area contributed by atoms with Crippen LogP contribution in [-0.4, -0.2) is 9.55 Å². The molecule has 2 nitrogen and oxygen atoms in total. The van der Waals surface area contributed by atoms with E-state index in [4.69, 9.17) is 12.2 Å². The van der Waals surface area contributed by atoms with Crippen LogP contribution in [0.4, 0.5) is 4.39 Å². The van der Waals surface area contributed by atoms with Crippen molar-refractivity contribution in [3.8, 4) is 0 Å². The molecule has 0 radical (unpaired) electrons. The molecule has 4 heteroatoms.